The third kappa shape index (κ3) is 5.17. The Hall–Kier alpha value is -1.58. The minimum Gasteiger partial charge on any atom is -0.490 e. The van der Waals surface area contributed by atoms with Gasteiger partial charge in [-0.05, 0) is 25.5 Å². The average molecular weight is 250 g/mol. The lowest BCUT2D eigenvalue weighted by molar-refractivity contribution is -0.116. The number of nitrogens with one attached hydrogen (secondary N) is 1. The number of anilines is 1. The van der Waals surface area contributed by atoms with Crippen LogP contribution in [0, 0.1) is 0 Å². The zero-order valence-electron chi connectivity index (χ0n) is 11.2. The van der Waals surface area contributed by atoms with E-state index in [-0.39, 0.29) is 5.91 Å². The van der Waals surface area contributed by atoms with Gasteiger partial charge in [0.05, 0.1) is 6.61 Å². The fraction of sp³-hybridized carbons (Fsp3) is 0.571. The normalized spacial score (nSPS) is 10.1. The molecule has 0 unspecified atom stereocenters. The van der Waals surface area contributed by atoms with Crippen LogP contribution in [-0.4, -0.2) is 17.5 Å². The van der Waals surface area contributed by atoms with E-state index in [2.05, 4.69) is 17.2 Å². The van der Waals surface area contributed by atoms with Crippen molar-refractivity contribution in [2.75, 3.05) is 11.9 Å². The zero-order valence-corrected chi connectivity index (χ0v) is 11.2. The van der Waals surface area contributed by atoms with Gasteiger partial charge in [0.15, 0.2) is 11.6 Å². The topological polar surface area (TPSA) is 51.2 Å². The van der Waals surface area contributed by atoms with E-state index in [4.69, 9.17) is 4.74 Å². The minimum absolute atomic E-state index is 0.00533. The van der Waals surface area contributed by atoms with E-state index in [0.717, 1.165) is 12.8 Å². The first-order valence-electron chi connectivity index (χ1n) is 6.65. The van der Waals surface area contributed by atoms with Gasteiger partial charge in [-0.2, -0.15) is 0 Å². The lowest BCUT2D eigenvalue weighted by atomic mass is 10.1. The number of carbonyl (C=O) groups is 1. The van der Waals surface area contributed by atoms with E-state index in [0.29, 0.717) is 24.6 Å². The van der Waals surface area contributed by atoms with Crippen LogP contribution in [0.15, 0.2) is 18.3 Å². The standard InChI is InChI=1S/C14H22N2O2/c1-3-5-6-7-10-13(17)16-14-12(18-4-2)9-8-11-15-14/h8-9,11H,3-7,10H2,1-2H3,(H,15,16,17). The van der Waals surface area contributed by atoms with E-state index >= 15 is 0 Å². The highest BCUT2D eigenvalue weighted by molar-refractivity contribution is 5.90. The number of unbranched alkanes of at least 4 members (excludes halogenated alkanes) is 3. The van der Waals surface area contributed by atoms with Crippen molar-refractivity contribution in [2.24, 2.45) is 0 Å². The molecule has 4 nitrogen and oxygen atoms in total. The van der Waals surface area contributed by atoms with Crippen LogP contribution in [0.3, 0.4) is 0 Å². The van der Waals surface area contributed by atoms with E-state index in [1.54, 1.807) is 12.3 Å². The quantitative estimate of drug-likeness (QED) is 0.719. The summed E-state index contributed by atoms with van der Waals surface area (Å²) in [6.45, 7) is 4.62. The minimum atomic E-state index is 0.00533. The third-order valence-corrected chi connectivity index (χ3v) is 2.59. The van der Waals surface area contributed by atoms with Crippen molar-refractivity contribution in [3.05, 3.63) is 18.3 Å². The summed E-state index contributed by atoms with van der Waals surface area (Å²) in [5, 5.41) is 2.80. The molecule has 1 aromatic rings. The third-order valence-electron chi connectivity index (χ3n) is 2.59. The first-order chi connectivity index (χ1) is 8.77. The van der Waals surface area contributed by atoms with Gasteiger partial charge in [0.1, 0.15) is 0 Å². The summed E-state index contributed by atoms with van der Waals surface area (Å²) in [5.74, 6) is 1.15. The molecule has 0 atom stereocenters. The number of rotatable bonds is 8. The second-order valence-electron chi connectivity index (χ2n) is 4.14. The number of pyridine rings is 1. The molecule has 18 heavy (non-hydrogen) atoms. The van der Waals surface area contributed by atoms with Crippen molar-refractivity contribution < 1.29 is 9.53 Å². The van der Waals surface area contributed by atoms with Crippen molar-refractivity contribution in [2.45, 2.75) is 46.0 Å². The number of ether oxygens (including phenoxy) is 1. The van der Waals surface area contributed by atoms with Gasteiger partial charge in [0.25, 0.3) is 0 Å². The Labute approximate surface area is 109 Å². The van der Waals surface area contributed by atoms with Gasteiger partial charge >= 0.3 is 0 Å². The van der Waals surface area contributed by atoms with Crippen molar-refractivity contribution in [1.29, 1.82) is 0 Å². The van der Waals surface area contributed by atoms with E-state index in [1.165, 1.54) is 12.8 Å². The molecular weight excluding hydrogens is 228 g/mol. The summed E-state index contributed by atoms with van der Waals surface area (Å²) in [6.07, 6.45) is 6.58. The average Bonchev–Trinajstić information content (AvgIpc) is 2.37. The van der Waals surface area contributed by atoms with Gasteiger partial charge < -0.3 is 10.1 Å². The molecule has 1 amide bonds. The summed E-state index contributed by atoms with van der Waals surface area (Å²) in [6, 6.07) is 3.60. The predicted molar refractivity (Wildman–Crippen MR) is 72.8 cm³/mol. The maximum atomic E-state index is 11.7. The summed E-state index contributed by atoms with van der Waals surface area (Å²) in [7, 11) is 0. The van der Waals surface area contributed by atoms with Gasteiger partial charge in [-0.1, -0.05) is 26.2 Å². The first-order valence-corrected chi connectivity index (χ1v) is 6.65. The second-order valence-corrected chi connectivity index (χ2v) is 4.14. The van der Waals surface area contributed by atoms with Gasteiger partial charge in [-0.15, -0.1) is 0 Å². The highest BCUT2D eigenvalue weighted by Crippen LogP contribution is 2.21. The van der Waals surface area contributed by atoms with Crippen LogP contribution in [0.5, 0.6) is 5.75 Å². The number of aromatic nitrogens is 1. The van der Waals surface area contributed by atoms with Crippen LogP contribution in [-0.2, 0) is 4.79 Å². The Morgan fingerprint density at radius 2 is 2.17 bits per heavy atom. The maximum Gasteiger partial charge on any atom is 0.225 e. The highest BCUT2D eigenvalue weighted by atomic mass is 16.5. The molecular formula is C14H22N2O2. The molecule has 100 valence electrons. The predicted octanol–water partition coefficient (Wildman–Crippen LogP) is 3.39. The maximum absolute atomic E-state index is 11.7. The van der Waals surface area contributed by atoms with Gasteiger partial charge in [-0.25, -0.2) is 4.98 Å². The van der Waals surface area contributed by atoms with Crippen molar-refractivity contribution in [3.63, 3.8) is 0 Å². The van der Waals surface area contributed by atoms with Crippen LogP contribution in [0.4, 0.5) is 5.82 Å². The largest absolute Gasteiger partial charge is 0.490 e. The van der Waals surface area contributed by atoms with Gasteiger partial charge in [0.2, 0.25) is 5.91 Å². The molecule has 4 heteroatoms. The summed E-state index contributed by atoms with van der Waals surface area (Å²) < 4.78 is 5.40. The molecule has 0 aliphatic carbocycles. The number of carbonyl (C=O) groups excluding carboxylic acids is 1. The lowest BCUT2D eigenvalue weighted by Gasteiger charge is -2.09. The molecule has 1 heterocycles. The molecule has 1 rings (SSSR count). The first kappa shape index (κ1) is 14.5. The lowest BCUT2D eigenvalue weighted by Crippen LogP contribution is -2.13. The summed E-state index contributed by atoms with van der Waals surface area (Å²) in [5.41, 5.74) is 0. The molecule has 0 aliphatic rings. The second kappa shape index (κ2) is 8.50. The summed E-state index contributed by atoms with van der Waals surface area (Å²) >= 11 is 0. The molecule has 0 aromatic carbocycles. The van der Waals surface area contributed by atoms with Gasteiger partial charge in [0, 0.05) is 12.6 Å². The van der Waals surface area contributed by atoms with Crippen LogP contribution >= 0.6 is 0 Å². The Morgan fingerprint density at radius 1 is 1.33 bits per heavy atom. The van der Waals surface area contributed by atoms with Crippen molar-refractivity contribution in [1.82, 2.24) is 4.98 Å². The summed E-state index contributed by atoms with van der Waals surface area (Å²) in [4.78, 5) is 15.9. The van der Waals surface area contributed by atoms with E-state index in [9.17, 15) is 4.79 Å². The Morgan fingerprint density at radius 3 is 2.89 bits per heavy atom. The van der Waals surface area contributed by atoms with E-state index in [1.807, 2.05) is 13.0 Å². The number of hydrogen-bond acceptors (Lipinski definition) is 3. The molecule has 0 saturated heterocycles. The monoisotopic (exact) mass is 250 g/mol. The Bertz CT molecular complexity index is 367. The van der Waals surface area contributed by atoms with E-state index < -0.39 is 0 Å². The van der Waals surface area contributed by atoms with Crippen LogP contribution in [0.2, 0.25) is 0 Å². The SMILES string of the molecule is CCCCCCC(=O)Nc1ncccc1OCC. The van der Waals surface area contributed by atoms with Gasteiger partial charge in [-0.3, -0.25) is 4.79 Å². The van der Waals surface area contributed by atoms with Crippen LogP contribution < -0.4 is 10.1 Å². The molecule has 1 aromatic heterocycles. The fourth-order valence-corrected chi connectivity index (χ4v) is 1.66. The molecule has 0 aliphatic heterocycles. The molecule has 0 spiro atoms. The number of amides is 1. The Kier molecular flexibility index (Phi) is 6.84. The van der Waals surface area contributed by atoms with Crippen LogP contribution in [0.25, 0.3) is 0 Å². The highest BCUT2D eigenvalue weighted by Gasteiger charge is 2.08. The smallest absolute Gasteiger partial charge is 0.225 e. The van der Waals surface area contributed by atoms with Crippen molar-refractivity contribution in [3.8, 4) is 5.75 Å². The molecule has 0 bridgehead atoms. The zero-order chi connectivity index (χ0) is 13.2. The number of nitrogens with zero attached hydrogens (tertiary/aromatic N) is 1. The fourth-order valence-electron chi connectivity index (χ4n) is 1.66. The van der Waals surface area contributed by atoms with Crippen LogP contribution in [0.1, 0.15) is 46.0 Å². The Balaban J connectivity index is 2.43. The number of hydrogen-bond donors (Lipinski definition) is 1. The molecule has 1 N–H and O–H groups in total. The molecule has 0 saturated carbocycles. The molecule has 0 fully saturated rings. The van der Waals surface area contributed by atoms with Crippen molar-refractivity contribution >= 4 is 11.7 Å². The molecule has 0 radical (unpaired) electrons.